The Labute approximate surface area is 161 Å². The number of sulfone groups is 1. The molecule has 0 bridgehead atoms. The van der Waals surface area contributed by atoms with Gasteiger partial charge in [0, 0.05) is 31.6 Å². The van der Waals surface area contributed by atoms with E-state index in [1.54, 1.807) is 35.0 Å². The van der Waals surface area contributed by atoms with Gasteiger partial charge in [-0.3, -0.25) is 4.68 Å². The smallest absolute Gasteiger partial charge is 0.177 e. The van der Waals surface area contributed by atoms with Crippen molar-refractivity contribution in [2.45, 2.75) is 11.8 Å². The molecular weight excluding hydrogens is 378 g/mol. The summed E-state index contributed by atoms with van der Waals surface area (Å²) >= 11 is 0. The van der Waals surface area contributed by atoms with Crippen LogP contribution in [0.25, 0.3) is 11.2 Å². The molecule has 4 rings (SSSR count). The number of H-pyrrole nitrogens is 1. The second kappa shape index (κ2) is 6.64. The number of anilines is 4. The van der Waals surface area contributed by atoms with E-state index in [1.165, 1.54) is 6.26 Å². The van der Waals surface area contributed by atoms with Crippen LogP contribution in [-0.2, 0) is 16.9 Å². The molecule has 3 aromatic heterocycles. The van der Waals surface area contributed by atoms with Crippen molar-refractivity contribution in [3.63, 3.8) is 0 Å². The molecule has 144 valence electrons. The molecule has 28 heavy (non-hydrogen) atoms. The van der Waals surface area contributed by atoms with Gasteiger partial charge >= 0.3 is 0 Å². The van der Waals surface area contributed by atoms with Gasteiger partial charge in [0.05, 0.1) is 16.3 Å². The average Bonchev–Trinajstić information content (AvgIpc) is 3.19. The molecular formula is C18H19N7O2S. The first kappa shape index (κ1) is 18.0. The van der Waals surface area contributed by atoms with Gasteiger partial charge in [-0.05, 0) is 19.1 Å². The van der Waals surface area contributed by atoms with Crippen molar-refractivity contribution in [1.82, 2.24) is 24.7 Å². The lowest BCUT2D eigenvalue weighted by Crippen LogP contribution is -2.04. The van der Waals surface area contributed by atoms with E-state index >= 15 is 0 Å². The monoisotopic (exact) mass is 397 g/mol. The van der Waals surface area contributed by atoms with Gasteiger partial charge < -0.3 is 15.6 Å². The van der Waals surface area contributed by atoms with E-state index < -0.39 is 9.84 Å². The zero-order valence-corrected chi connectivity index (χ0v) is 16.4. The first-order valence-electron chi connectivity index (χ1n) is 8.50. The highest BCUT2D eigenvalue weighted by atomic mass is 32.2. The zero-order chi connectivity index (χ0) is 19.9. The highest BCUT2D eigenvalue weighted by Crippen LogP contribution is 2.30. The molecule has 0 saturated carbocycles. The third-order valence-corrected chi connectivity index (χ3v) is 5.25. The fraction of sp³-hybridized carbons (Fsp3) is 0.167. The number of aromatic amines is 1. The topological polar surface area (TPSA) is 118 Å². The molecule has 4 aromatic rings. The fourth-order valence-corrected chi connectivity index (χ4v) is 3.76. The lowest BCUT2D eigenvalue weighted by molar-refractivity contribution is 0.602. The van der Waals surface area contributed by atoms with Crippen molar-refractivity contribution in [1.29, 1.82) is 0 Å². The molecule has 0 fully saturated rings. The van der Waals surface area contributed by atoms with E-state index in [-0.39, 0.29) is 4.90 Å². The number of nitrogens with one attached hydrogen (secondary N) is 3. The Balaban J connectivity index is 1.80. The van der Waals surface area contributed by atoms with E-state index in [9.17, 15) is 8.42 Å². The summed E-state index contributed by atoms with van der Waals surface area (Å²) < 4.78 is 25.9. The predicted molar refractivity (Wildman–Crippen MR) is 108 cm³/mol. The highest BCUT2D eigenvalue weighted by molar-refractivity contribution is 7.90. The van der Waals surface area contributed by atoms with Crippen LogP contribution >= 0.6 is 0 Å². The van der Waals surface area contributed by atoms with Crippen molar-refractivity contribution >= 4 is 44.0 Å². The van der Waals surface area contributed by atoms with E-state index in [0.717, 1.165) is 0 Å². The molecule has 0 spiro atoms. The van der Waals surface area contributed by atoms with E-state index in [4.69, 9.17) is 0 Å². The predicted octanol–water partition coefficient (Wildman–Crippen LogP) is 2.89. The van der Waals surface area contributed by atoms with Crippen LogP contribution in [-0.4, -0.2) is 39.4 Å². The van der Waals surface area contributed by atoms with Crippen LogP contribution in [0.15, 0.2) is 47.5 Å². The summed E-state index contributed by atoms with van der Waals surface area (Å²) in [5, 5.41) is 10.6. The number of aryl methyl sites for hydroxylation is 2. The minimum absolute atomic E-state index is 0.214. The molecule has 0 atom stereocenters. The lowest BCUT2D eigenvalue weighted by atomic mass is 10.2. The molecule has 0 aliphatic carbocycles. The number of fused-ring (bicyclic) bond motifs is 1. The number of pyridine rings is 1. The van der Waals surface area contributed by atoms with Crippen molar-refractivity contribution in [2.75, 3.05) is 16.9 Å². The Hall–Kier alpha value is -3.40. The van der Waals surface area contributed by atoms with Crippen molar-refractivity contribution in [3.05, 3.63) is 48.4 Å². The first-order chi connectivity index (χ1) is 13.3. The van der Waals surface area contributed by atoms with Crippen LogP contribution < -0.4 is 10.6 Å². The Morgan fingerprint density at radius 1 is 1.04 bits per heavy atom. The highest BCUT2D eigenvalue weighted by Gasteiger charge is 2.16. The maximum Gasteiger partial charge on any atom is 0.177 e. The Morgan fingerprint density at radius 2 is 1.82 bits per heavy atom. The van der Waals surface area contributed by atoms with Crippen molar-refractivity contribution < 1.29 is 8.42 Å². The maximum absolute atomic E-state index is 12.1. The molecule has 0 unspecified atom stereocenters. The molecule has 9 nitrogen and oxygen atoms in total. The van der Waals surface area contributed by atoms with E-state index in [1.807, 2.05) is 26.2 Å². The summed E-state index contributed by atoms with van der Waals surface area (Å²) in [6.45, 7) is 1.84. The van der Waals surface area contributed by atoms with E-state index in [2.05, 4.69) is 30.7 Å². The normalized spacial score (nSPS) is 11.7. The number of hydrogen-bond donors (Lipinski definition) is 3. The minimum Gasteiger partial charge on any atom is -0.352 e. The Kier molecular flexibility index (Phi) is 4.27. The number of rotatable bonds is 5. The van der Waals surface area contributed by atoms with Crippen molar-refractivity contribution in [3.8, 4) is 0 Å². The molecule has 0 saturated heterocycles. The average molecular weight is 397 g/mol. The lowest BCUT2D eigenvalue weighted by Gasteiger charge is -2.12. The summed E-state index contributed by atoms with van der Waals surface area (Å²) in [4.78, 5) is 12.3. The standard InChI is InChI=1S/C18H19N7O2S/c1-11-19-17-13(21-12-6-4-5-7-14(12)28(3,26)27)10-16(23-18(17)20-11)22-15-8-9-25(2)24-15/h4-10H,1-3H3,(H3,19,20,21,22,23,24). The molecule has 3 N–H and O–H groups in total. The van der Waals surface area contributed by atoms with Crippen LogP contribution in [0.2, 0.25) is 0 Å². The molecule has 0 aliphatic heterocycles. The van der Waals surface area contributed by atoms with E-state index in [0.29, 0.717) is 40.0 Å². The summed E-state index contributed by atoms with van der Waals surface area (Å²) in [7, 11) is -1.56. The molecule has 3 heterocycles. The molecule has 0 amide bonds. The number of hydrogen-bond acceptors (Lipinski definition) is 7. The number of nitrogens with zero attached hydrogens (tertiary/aromatic N) is 4. The summed E-state index contributed by atoms with van der Waals surface area (Å²) in [6.07, 6.45) is 3.01. The zero-order valence-electron chi connectivity index (χ0n) is 15.6. The quantitative estimate of drug-likeness (QED) is 0.474. The third kappa shape index (κ3) is 3.54. The van der Waals surface area contributed by atoms with Crippen LogP contribution in [0.4, 0.5) is 23.0 Å². The number of benzene rings is 1. The molecule has 10 heteroatoms. The van der Waals surface area contributed by atoms with Crippen molar-refractivity contribution in [2.24, 2.45) is 7.05 Å². The third-order valence-electron chi connectivity index (χ3n) is 4.10. The Morgan fingerprint density at radius 3 is 2.54 bits per heavy atom. The SMILES string of the molecule is Cc1nc2c(Nc3ccccc3S(C)(=O)=O)cc(Nc3ccn(C)n3)nc2[nH]1. The van der Waals surface area contributed by atoms with Crippen LogP contribution in [0.3, 0.4) is 0 Å². The number of imidazole rings is 1. The molecule has 0 aliphatic rings. The van der Waals surface area contributed by atoms with Crippen LogP contribution in [0.1, 0.15) is 5.82 Å². The first-order valence-corrected chi connectivity index (χ1v) is 10.4. The summed E-state index contributed by atoms with van der Waals surface area (Å²) in [5.41, 5.74) is 2.30. The molecule has 0 radical (unpaired) electrons. The van der Waals surface area contributed by atoms with Gasteiger partial charge in [-0.1, -0.05) is 12.1 Å². The summed E-state index contributed by atoms with van der Waals surface area (Å²) in [5.74, 6) is 1.90. The Bertz CT molecular complexity index is 1270. The van der Waals surface area contributed by atoms with Gasteiger partial charge in [0.25, 0.3) is 0 Å². The fourth-order valence-electron chi connectivity index (χ4n) is 2.92. The summed E-state index contributed by atoms with van der Waals surface area (Å²) in [6, 6.07) is 10.4. The maximum atomic E-state index is 12.1. The van der Waals surface area contributed by atoms with Gasteiger partial charge in [0.2, 0.25) is 0 Å². The van der Waals surface area contributed by atoms with Gasteiger partial charge in [-0.25, -0.2) is 18.4 Å². The number of para-hydroxylation sites is 1. The minimum atomic E-state index is -3.39. The van der Waals surface area contributed by atoms with Gasteiger partial charge in [0.1, 0.15) is 17.2 Å². The molecule has 1 aromatic carbocycles. The van der Waals surface area contributed by atoms with Crippen LogP contribution in [0, 0.1) is 6.92 Å². The number of aromatic nitrogens is 5. The van der Waals surface area contributed by atoms with Gasteiger partial charge in [0.15, 0.2) is 21.3 Å². The van der Waals surface area contributed by atoms with Crippen LogP contribution in [0.5, 0.6) is 0 Å². The largest absolute Gasteiger partial charge is 0.352 e. The van der Waals surface area contributed by atoms with Gasteiger partial charge in [-0.15, -0.1) is 0 Å². The second-order valence-electron chi connectivity index (χ2n) is 6.47. The second-order valence-corrected chi connectivity index (χ2v) is 8.45. The van der Waals surface area contributed by atoms with Gasteiger partial charge in [-0.2, -0.15) is 5.10 Å².